The van der Waals surface area contributed by atoms with Gasteiger partial charge in [-0.25, -0.2) is 0 Å². The van der Waals surface area contributed by atoms with Gasteiger partial charge in [-0.15, -0.1) is 0 Å². The number of hydrogen-bond acceptors (Lipinski definition) is 2. The molecule has 0 radical (unpaired) electrons. The van der Waals surface area contributed by atoms with Gasteiger partial charge in [0, 0.05) is 0 Å². The van der Waals surface area contributed by atoms with Gasteiger partial charge in [0.15, 0.2) is 0 Å². The van der Waals surface area contributed by atoms with Gasteiger partial charge < -0.3 is 5.32 Å². The number of nitrogens with one attached hydrogen (secondary N) is 1. The number of hydrogen-bond donors (Lipinski definition) is 1. The molecule has 92 valence electrons. The Hall–Kier alpha value is -1.64. The maximum Gasteiger partial charge on any atom is 0.227 e. The van der Waals surface area contributed by atoms with E-state index in [9.17, 15) is 9.59 Å². The lowest BCUT2D eigenvalue weighted by Crippen LogP contribution is -2.28. The molecular formula is C14H19NO2. The van der Waals surface area contributed by atoms with E-state index in [1.807, 2.05) is 32.9 Å². The van der Waals surface area contributed by atoms with Crippen LogP contribution >= 0.6 is 0 Å². The van der Waals surface area contributed by atoms with Crippen LogP contribution < -0.4 is 5.32 Å². The van der Waals surface area contributed by atoms with Crippen molar-refractivity contribution >= 4 is 11.7 Å². The van der Waals surface area contributed by atoms with Crippen LogP contribution in [0, 0.1) is 13.8 Å². The van der Waals surface area contributed by atoms with E-state index in [1.54, 1.807) is 0 Å². The van der Waals surface area contributed by atoms with Gasteiger partial charge in [0.05, 0.1) is 12.5 Å². The second-order valence-corrected chi connectivity index (χ2v) is 4.53. The molecule has 1 atom stereocenters. The first-order valence-corrected chi connectivity index (χ1v) is 5.76. The van der Waals surface area contributed by atoms with E-state index in [4.69, 9.17) is 0 Å². The first-order valence-electron chi connectivity index (χ1n) is 5.76. The molecule has 3 heteroatoms. The van der Waals surface area contributed by atoms with Crippen molar-refractivity contribution < 1.29 is 9.59 Å². The molecule has 0 saturated heterocycles. The van der Waals surface area contributed by atoms with E-state index in [-0.39, 0.29) is 24.2 Å². The molecule has 1 rings (SSSR count). The maximum atomic E-state index is 11.5. The Morgan fingerprint density at radius 1 is 1.29 bits per heavy atom. The van der Waals surface area contributed by atoms with Crippen molar-refractivity contribution in [1.29, 1.82) is 0 Å². The van der Waals surface area contributed by atoms with E-state index in [2.05, 4.69) is 11.4 Å². The van der Waals surface area contributed by atoms with Gasteiger partial charge in [0.1, 0.15) is 5.78 Å². The monoisotopic (exact) mass is 233 g/mol. The van der Waals surface area contributed by atoms with Gasteiger partial charge in [-0.1, -0.05) is 23.8 Å². The van der Waals surface area contributed by atoms with Crippen molar-refractivity contribution in [2.24, 2.45) is 0 Å². The summed E-state index contributed by atoms with van der Waals surface area (Å²) in [4.78, 5) is 22.3. The van der Waals surface area contributed by atoms with Crippen LogP contribution in [0.1, 0.15) is 43.0 Å². The lowest BCUT2D eigenvalue weighted by molar-refractivity contribution is -0.127. The van der Waals surface area contributed by atoms with E-state index >= 15 is 0 Å². The fourth-order valence-electron chi connectivity index (χ4n) is 1.91. The highest BCUT2D eigenvalue weighted by molar-refractivity contribution is 5.96. The second-order valence-electron chi connectivity index (χ2n) is 4.53. The van der Waals surface area contributed by atoms with Crippen molar-refractivity contribution in [3.8, 4) is 0 Å². The predicted octanol–water partition coefficient (Wildman–Crippen LogP) is 2.46. The molecule has 17 heavy (non-hydrogen) atoms. The Morgan fingerprint density at radius 3 is 2.47 bits per heavy atom. The minimum Gasteiger partial charge on any atom is -0.349 e. The third-order valence-corrected chi connectivity index (χ3v) is 2.68. The first-order chi connectivity index (χ1) is 7.90. The number of benzene rings is 1. The van der Waals surface area contributed by atoms with Gasteiger partial charge >= 0.3 is 0 Å². The van der Waals surface area contributed by atoms with Crippen LogP contribution in [0.3, 0.4) is 0 Å². The van der Waals surface area contributed by atoms with Gasteiger partial charge in [-0.2, -0.15) is 0 Å². The fourth-order valence-corrected chi connectivity index (χ4v) is 1.91. The van der Waals surface area contributed by atoms with Crippen LogP contribution in [0.2, 0.25) is 0 Å². The highest BCUT2D eigenvalue weighted by Crippen LogP contribution is 2.18. The third kappa shape index (κ3) is 4.02. The number of carbonyl (C=O) groups is 2. The fraction of sp³-hybridized carbons (Fsp3) is 0.429. The number of rotatable bonds is 4. The molecule has 0 aromatic heterocycles. The predicted molar refractivity (Wildman–Crippen MR) is 67.8 cm³/mol. The summed E-state index contributed by atoms with van der Waals surface area (Å²) in [5, 5.41) is 2.83. The average Bonchev–Trinajstić information content (AvgIpc) is 2.15. The van der Waals surface area contributed by atoms with Gasteiger partial charge in [0.25, 0.3) is 0 Å². The minimum absolute atomic E-state index is 0.0464. The number of aryl methyl sites for hydroxylation is 2. The molecule has 0 spiro atoms. The Balaban J connectivity index is 2.73. The topological polar surface area (TPSA) is 46.2 Å². The van der Waals surface area contributed by atoms with E-state index in [1.165, 1.54) is 12.5 Å². The summed E-state index contributed by atoms with van der Waals surface area (Å²) in [6.07, 6.45) is -0.0464. The molecule has 1 unspecified atom stereocenters. The third-order valence-electron chi connectivity index (χ3n) is 2.68. The first kappa shape index (κ1) is 13.4. The largest absolute Gasteiger partial charge is 0.349 e. The van der Waals surface area contributed by atoms with Crippen LogP contribution in [0.4, 0.5) is 0 Å². The highest BCUT2D eigenvalue weighted by atomic mass is 16.2. The van der Waals surface area contributed by atoms with Gasteiger partial charge in [0.2, 0.25) is 5.91 Å². The SMILES string of the molecule is CC(=O)CC(=O)NC(C)c1ccc(C)cc1C. The molecular weight excluding hydrogens is 214 g/mol. The summed E-state index contributed by atoms with van der Waals surface area (Å²) in [7, 11) is 0. The molecule has 0 fully saturated rings. The molecule has 1 aromatic carbocycles. The summed E-state index contributed by atoms with van der Waals surface area (Å²) in [6.45, 7) is 7.41. The quantitative estimate of drug-likeness (QED) is 0.812. The molecule has 0 aliphatic carbocycles. The Labute approximate surface area is 102 Å². The normalized spacial score (nSPS) is 12.0. The van der Waals surface area contributed by atoms with Crippen molar-refractivity contribution in [2.75, 3.05) is 0 Å². The molecule has 0 heterocycles. The smallest absolute Gasteiger partial charge is 0.227 e. The van der Waals surface area contributed by atoms with Crippen LogP contribution in [0.15, 0.2) is 18.2 Å². The molecule has 3 nitrogen and oxygen atoms in total. The summed E-state index contributed by atoms with van der Waals surface area (Å²) in [5.41, 5.74) is 3.45. The lowest BCUT2D eigenvalue weighted by Gasteiger charge is -2.16. The molecule has 0 aliphatic rings. The average molecular weight is 233 g/mol. The second kappa shape index (κ2) is 5.62. The van der Waals surface area contributed by atoms with E-state index < -0.39 is 0 Å². The molecule has 1 amide bonds. The van der Waals surface area contributed by atoms with Crippen molar-refractivity contribution in [3.05, 3.63) is 34.9 Å². The van der Waals surface area contributed by atoms with E-state index in [0.29, 0.717) is 0 Å². The Morgan fingerprint density at radius 2 is 1.94 bits per heavy atom. The van der Waals surface area contributed by atoms with Crippen molar-refractivity contribution in [2.45, 2.75) is 40.2 Å². The number of ketones is 1. The van der Waals surface area contributed by atoms with Gasteiger partial charge in [-0.05, 0) is 38.8 Å². The standard InChI is InChI=1S/C14H19NO2/c1-9-5-6-13(10(2)7-9)12(4)15-14(17)8-11(3)16/h5-7,12H,8H2,1-4H3,(H,15,17). The lowest BCUT2D eigenvalue weighted by atomic mass is 10.0. The van der Waals surface area contributed by atoms with Crippen molar-refractivity contribution in [1.82, 2.24) is 5.32 Å². The number of amides is 1. The molecule has 0 aliphatic heterocycles. The van der Waals surface area contributed by atoms with Crippen LogP contribution in [0.5, 0.6) is 0 Å². The number of Topliss-reactive ketones (excluding diaryl/α,β-unsaturated/α-hetero) is 1. The zero-order valence-corrected chi connectivity index (χ0v) is 10.8. The van der Waals surface area contributed by atoms with Crippen LogP contribution in [-0.4, -0.2) is 11.7 Å². The zero-order valence-electron chi connectivity index (χ0n) is 10.8. The summed E-state index contributed by atoms with van der Waals surface area (Å²) in [5.74, 6) is -0.333. The number of carbonyl (C=O) groups excluding carboxylic acids is 2. The molecule has 0 saturated carbocycles. The zero-order chi connectivity index (χ0) is 13.0. The maximum absolute atomic E-state index is 11.5. The Kier molecular flexibility index (Phi) is 4.44. The van der Waals surface area contributed by atoms with E-state index in [0.717, 1.165) is 11.1 Å². The summed E-state index contributed by atoms with van der Waals surface area (Å²) < 4.78 is 0. The highest BCUT2D eigenvalue weighted by Gasteiger charge is 2.12. The molecule has 0 bridgehead atoms. The Bertz CT molecular complexity index is 438. The summed E-state index contributed by atoms with van der Waals surface area (Å²) >= 11 is 0. The van der Waals surface area contributed by atoms with Crippen LogP contribution in [-0.2, 0) is 9.59 Å². The minimum atomic E-state index is -0.218. The van der Waals surface area contributed by atoms with Crippen molar-refractivity contribution in [3.63, 3.8) is 0 Å². The molecule has 1 N–H and O–H groups in total. The summed E-state index contributed by atoms with van der Waals surface area (Å²) in [6, 6.07) is 6.06. The van der Waals surface area contributed by atoms with Crippen LogP contribution in [0.25, 0.3) is 0 Å². The van der Waals surface area contributed by atoms with Gasteiger partial charge in [-0.3, -0.25) is 9.59 Å². The molecule has 1 aromatic rings.